The van der Waals surface area contributed by atoms with Gasteiger partial charge in [0.15, 0.2) is 0 Å². The van der Waals surface area contributed by atoms with Crippen molar-refractivity contribution in [2.75, 3.05) is 13.1 Å². The molecule has 0 aromatic rings. The molecule has 1 heterocycles. The van der Waals surface area contributed by atoms with Gasteiger partial charge in [0.2, 0.25) is 0 Å². The number of amides is 2. The first-order valence-electron chi connectivity index (χ1n) is 6.07. The SMILES string of the molecule is O=C(O)CC1CN(C(=O)NC2CC=CCC2)C1. The van der Waals surface area contributed by atoms with Gasteiger partial charge in [-0.05, 0) is 19.3 Å². The minimum absolute atomic E-state index is 0.0491. The molecule has 5 nitrogen and oxygen atoms in total. The Bertz CT molecular complexity index is 335. The molecular weight excluding hydrogens is 220 g/mol. The van der Waals surface area contributed by atoms with Crippen molar-refractivity contribution >= 4 is 12.0 Å². The fraction of sp³-hybridized carbons (Fsp3) is 0.667. The molecule has 0 aromatic heterocycles. The number of aliphatic carboxylic acids is 1. The predicted molar refractivity (Wildman–Crippen MR) is 62.6 cm³/mol. The van der Waals surface area contributed by atoms with Crippen LogP contribution in [0.25, 0.3) is 0 Å². The molecule has 94 valence electrons. The number of carboxylic acids is 1. The van der Waals surface area contributed by atoms with E-state index in [4.69, 9.17) is 5.11 Å². The molecule has 2 N–H and O–H groups in total. The lowest BCUT2D eigenvalue weighted by atomic mass is 9.97. The molecule has 0 spiro atoms. The number of allylic oxidation sites excluding steroid dienone is 1. The van der Waals surface area contributed by atoms with Crippen molar-refractivity contribution in [1.82, 2.24) is 10.2 Å². The van der Waals surface area contributed by atoms with E-state index in [1.165, 1.54) is 0 Å². The van der Waals surface area contributed by atoms with Crippen molar-refractivity contribution in [1.29, 1.82) is 0 Å². The van der Waals surface area contributed by atoms with Crippen LogP contribution in [0.5, 0.6) is 0 Å². The number of hydrogen-bond acceptors (Lipinski definition) is 2. The van der Waals surface area contributed by atoms with Crippen LogP contribution in [0.3, 0.4) is 0 Å². The number of carbonyl (C=O) groups is 2. The molecule has 1 fully saturated rings. The van der Waals surface area contributed by atoms with Crippen LogP contribution in [0.2, 0.25) is 0 Å². The monoisotopic (exact) mass is 238 g/mol. The highest BCUT2D eigenvalue weighted by molar-refractivity contribution is 5.76. The van der Waals surface area contributed by atoms with Gasteiger partial charge in [-0.2, -0.15) is 0 Å². The van der Waals surface area contributed by atoms with Crippen molar-refractivity contribution < 1.29 is 14.7 Å². The number of hydrogen-bond donors (Lipinski definition) is 2. The number of carboxylic acid groups (broad SMARTS) is 1. The van der Waals surface area contributed by atoms with Gasteiger partial charge in [0, 0.05) is 25.0 Å². The Kier molecular flexibility index (Phi) is 3.66. The zero-order valence-electron chi connectivity index (χ0n) is 9.76. The Hall–Kier alpha value is -1.52. The first-order valence-corrected chi connectivity index (χ1v) is 6.07. The van der Waals surface area contributed by atoms with Crippen molar-refractivity contribution in [3.05, 3.63) is 12.2 Å². The molecular formula is C12H18N2O3. The molecule has 0 aromatic carbocycles. The number of likely N-dealkylation sites (tertiary alicyclic amines) is 1. The summed E-state index contributed by atoms with van der Waals surface area (Å²) in [5.41, 5.74) is 0. The minimum atomic E-state index is -0.785. The summed E-state index contributed by atoms with van der Waals surface area (Å²) in [4.78, 5) is 23.9. The van der Waals surface area contributed by atoms with Crippen LogP contribution in [0.15, 0.2) is 12.2 Å². The minimum Gasteiger partial charge on any atom is -0.481 e. The first-order chi connectivity index (χ1) is 8.15. The normalized spacial score (nSPS) is 24.2. The third-order valence-corrected chi connectivity index (χ3v) is 3.30. The summed E-state index contributed by atoms with van der Waals surface area (Å²) in [6.07, 6.45) is 7.31. The van der Waals surface area contributed by atoms with E-state index in [-0.39, 0.29) is 24.4 Å². The van der Waals surface area contributed by atoms with E-state index in [1.54, 1.807) is 4.90 Å². The number of nitrogens with one attached hydrogen (secondary N) is 1. The van der Waals surface area contributed by atoms with Crippen LogP contribution in [-0.4, -0.2) is 41.1 Å². The van der Waals surface area contributed by atoms with E-state index >= 15 is 0 Å². The van der Waals surface area contributed by atoms with Gasteiger partial charge >= 0.3 is 12.0 Å². The van der Waals surface area contributed by atoms with E-state index in [0.717, 1.165) is 19.3 Å². The van der Waals surface area contributed by atoms with Crippen LogP contribution in [0.1, 0.15) is 25.7 Å². The zero-order chi connectivity index (χ0) is 12.3. The Morgan fingerprint density at radius 1 is 1.35 bits per heavy atom. The Labute approximate surface area is 100 Å². The van der Waals surface area contributed by atoms with E-state index in [2.05, 4.69) is 17.5 Å². The summed E-state index contributed by atoms with van der Waals surface area (Å²) in [5.74, 6) is -0.656. The van der Waals surface area contributed by atoms with Crippen molar-refractivity contribution in [2.24, 2.45) is 5.92 Å². The van der Waals surface area contributed by atoms with Crippen molar-refractivity contribution in [2.45, 2.75) is 31.7 Å². The van der Waals surface area contributed by atoms with Gasteiger partial charge in [0.05, 0.1) is 6.42 Å². The molecule has 0 saturated carbocycles. The Morgan fingerprint density at radius 2 is 2.12 bits per heavy atom. The summed E-state index contributed by atoms with van der Waals surface area (Å²) in [5, 5.41) is 11.6. The van der Waals surface area contributed by atoms with Gasteiger partial charge in [-0.25, -0.2) is 4.79 Å². The number of rotatable bonds is 3. The maximum Gasteiger partial charge on any atom is 0.317 e. The van der Waals surface area contributed by atoms with E-state index < -0.39 is 5.97 Å². The predicted octanol–water partition coefficient (Wildman–Crippen LogP) is 1.21. The van der Waals surface area contributed by atoms with E-state index in [1.807, 2.05) is 0 Å². The van der Waals surface area contributed by atoms with Crippen molar-refractivity contribution in [3.8, 4) is 0 Å². The van der Waals surface area contributed by atoms with Crippen LogP contribution in [0, 0.1) is 5.92 Å². The second kappa shape index (κ2) is 5.21. The first kappa shape index (κ1) is 12.0. The maximum absolute atomic E-state index is 11.8. The number of carbonyl (C=O) groups excluding carboxylic acids is 1. The standard InChI is InChI=1S/C12H18N2O3/c15-11(16)6-9-7-14(8-9)12(17)13-10-4-2-1-3-5-10/h1-2,9-10H,3-8H2,(H,13,17)(H,15,16). The van der Waals surface area contributed by atoms with Gasteiger partial charge in [-0.1, -0.05) is 12.2 Å². The van der Waals surface area contributed by atoms with Gasteiger partial charge in [0.25, 0.3) is 0 Å². The molecule has 2 amide bonds. The third kappa shape index (κ3) is 3.22. The highest BCUT2D eigenvalue weighted by Gasteiger charge is 2.32. The second-order valence-electron chi connectivity index (χ2n) is 4.80. The maximum atomic E-state index is 11.8. The van der Waals surface area contributed by atoms with E-state index in [9.17, 15) is 9.59 Å². The highest BCUT2D eigenvalue weighted by atomic mass is 16.4. The summed E-state index contributed by atoms with van der Waals surface area (Å²) in [6.45, 7) is 1.14. The third-order valence-electron chi connectivity index (χ3n) is 3.30. The van der Waals surface area contributed by atoms with E-state index in [0.29, 0.717) is 13.1 Å². The Balaban J connectivity index is 1.68. The topological polar surface area (TPSA) is 69.6 Å². The van der Waals surface area contributed by atoms with Gasteiger partial charge < -0.3 is 15.3 Å². The molecule has 2 aliphatic rings. The largest absolute Gasteiger partial charge is 0.481 e. The average molecular weight is 238 g/mol. The van der Waals surface area contributed by atoms with Gasteiger partial charge in [-0.15, -0.1) is 0 Å². The van der Waals surface area contributed by atoms with Crippen LogP contribution < -0.4 is 5.32 Å². The fourth-order valence-corrected chi connectivity index (χ4v) is 2.30. The lowest BCUT2D eigenvalue weighted by Crippen LogP contribution is -2.56. The molecule has 1 saturated heterocycles. The molecule has 1 unspecified atom stereocenters. The molecule has 0 bridgehead atoms. The Morgan fingerprint density at radius 3 is 2.71 bits per heavy atom. The molecule has 1 aliphatic carbocycles. The zero-order valence-corrected chi connectivity index (χ0v) is 9.76. The summed E-state index contributed by atoms with van der Waals surface area (Å²) >= 11 is 0. The second-order valence-corrected chi connectivity index (χ2v) is 4.80. The van der Waals surface area contributed by atoms with Crippen LogP contribution in [0.4, 0.5) is 4.79 Å². The number of urea groups is 1. The molecule has 1 aliphatic heterocycles. The molecule has 1 atom stereocenters. The molecule has 0 radical (unpaired) electrons. The smallest absolute Gasteiger partial charge is 0.317 e. The average Bonchev–Trinajstić information content (AvgIpc) is 2.23. The van der Waals surface area contributed by atoms with Gasteiger partial charge in [0.1, 0.15) is 0 Å². The van der Waals surface area contributed by atoms with Crippen LogP contribution in [-0.2, 0) is 4.79 Å². The highest BCUT2D eigenvalue weighted by Crippen LogP contribution is 2.19. The number of nitrogens with zero attached hydrogens (tertiary/aromatic N) is 1. The lowest BCUT2D eigenvalue weighted by molar-refractivity contribution is -0.139. The van der Waals surface area contributed by atoms with Crippen LogP contribution >= 0.6 is 0 Å². The van der Waals surface area contributed by atoms with Crippen molar-refractivity contribution in [3.63, 3.8) is 0 Å². The molecule has 5 heteroatoms. The summed E-state index contributed by atoms with van der Waals surface area (Å²) in [6, 6.07) is 0.193. The van der Waals surface area contributed by atoms with Gasteiger partial charge in [-0.3, -0.25) is 4.79 Å². The summed E-state index contributed by atoms with van der Waals surface area (Å²) in [7, 11) is 0. The molecule has 17 heavy (non-hydrogen) atoms. The quantitative estimate of drug-likeness (QED) is 0.726. The summed E-state index contributed by atoms with van der Waals surface area (Å²) < 4.78 is 0. The fourth-order valence-electron chi connectivity index (χ4n) is 2.30. The lowest BCUT2D eigenvalue weighted by Gasteiger charge is -2.39. The molecule has 2 rings (SSSR count).